The first-order chi connectivity index (χ1) is 10.0. The number of rotatable bonds is 2. The zero-order chi connectivity index (χ0) is 15.0. The standard InChI is InChI=1S/C18H25N3/c1-13-16(15-11-7-8-12-18(15,2)3)20-21(17(13)19)14-9-5-4-6-10-14/h4-6,9-10,15H,7-8,11-12,19H2,1-3H3. The van der Waals surface area contributed by atoms with Gasteiger partial charge >= 0.3 is 0 Å². The van der Waals surface area contributed by atoms with Crippen LogP contribution in [0.5, 0.6) is 0 Å². The van der Waals surface area contributed by atoms with Crippen molar-refractivity contribution in [1.29, 1.82) is 0 Å². The Kier molecular flexibility index (Phi) is 3.52. The fourth-order valence-corrected chi connectivity index (χ4v) is 3.62. The second-order valence-corrected chi connectivity index (χ2v) is 6.93. The number of hydrogen-bond donors (Lipinski definition) is 1. The molecule has 0 amide bonds. The van der Waals surface area contributed by atoms with E-state index in [-0.39, 0.29) is 0 Å². The largest absolute Gasteiger partial charge is 0.383 e. The van der Waals surface area contributed by atoms with Crippen LogP contribution in [-0.2, 0) is 0 Å². The van der Waals surface area contributed by atoms with Gasteiger partial charge in [0.05, 0.1) is 11.4 Å². The Balaban J connectivity index is 2.05. The van der Waals surface area contributed by atoms with Gasteiger partial charge in [0.15, 0.2) is 0 Å². The summed E-state index contributed by atoms with van der Waals surface area (Å²) in [4.78, 5) is 0. The number of nitrogens with zero attached hydrogens (tertiary/aromatic N) is 2. The Bertz CT molecular complexity index is 625. The van der Waals surface area contributed by atoms with Crippen LogP contribution >= 0.6 is 0 Å². The van der Waals surface area contributed by atoms with Crippen LogP contribution in [0.15, 0.2) is 30.3 Å². The van der Waals surface area contributed by atoms with E-state index in [1.165, 1.54) is 31.4 Å². The summed E-state index contributed by atoms with van der Waals surface area (Å²) >= 11 is 0. The van der Waals surface area contributed by atoms with Crippen molar-refractivity contribution in [2.75, 3.05) is 5.73 Å². The lowest BCUT2D eigenvalue weighted by Gasteiger charge is -2.38. The van der Waals surface area contributed by atoms with Crippen LogP contribution in [0.2, 0.25) is 0 Å². The first-order valence-electron chi connectivity index (χ1n) is 7.91. The van der Waals surface area contributed by atoms with E-state index in [1.807, 2.05) is 22.9 Å². The van der Waals surface area contributed by atoms with Crippen molar-refractivity contribution in [2.24, 2.45) is 5.41 Å². The maximum absolute atomic E-state index is 6.33. The smallest absolute Gasteiger partial charge is 0.130 e. The summed E-state index contributed by atoms with van der Waals surface area (Å²) in [5, 5.41) is 4.89. The maximum atomic E-state index is 6.33. The molecular weight excluding hydrogens is 258 g/mol. The van der Waals surface area contributed by atoms with E-state index in [4.69, 9.17) is 10.8 Å². The molecule has 1 aromatic heterocycles. The molecule has 0 spiro atoms. The fraction of sp³-hybridized carbons (Fsp3) is 0.500. The Morgan fingerprint density at radius 2 is 1.90 bits per heavy atom. The summed E-state index contributed by atoms with van der Waals surface area (Å²) in [7, 11) is 0. The van der Waals surface area contributed by atoms with Gasteiger partial charge < -0.3 is 5.73 Å². The third-order valence-corrected chi connectivity index (χ3v) is 5.04. The molecule has 21 heavy (non-hydrogen) atoms. The van der Waals surface area contributed by atoms with Crippen LogP contribution in [0.4, 0.5) is 5.82 Å². The second kappa shape index (κ2) is 5.21. The molecule has 1 heterocycles. The average molecular weight is 283 g/mol. The molecule has 3 rings (SSSR count). The molecule has 1 fully saturated rings. The van der Waals surface area contributed by atoms with Gasteiger partial charge in [0.1, 0.15) is 5.82 Å². The van der Waals surface area contributed by atoms with E-state index in [0.29, 0.717) is 11.3 Å². The zero-order valence-corrected chi connectivity index (χ0v) is 13.3. The molecule has 1 aliphatic rings. The fourth-order valence-electron chi connectivity index (χ4n) is 3.62. The van der Waals surface area contributed by atoms with Gasteiger partial charge in [-0.3, -0.25) is 0 Å². The minimum Gasteiger partial charge on any atom is -0.383 e. The van der Waals surface area contributed by atoms with Gasteiger partial charge in [-0.2, -0.15) is 5.10 Å². The van der Waals surface area contributed by atoms with Crippen molar-refractivity contribution < 1.29 is 0 Å². The number of aromatic nitrogens is 2. The van der Waals surface area contributed by atoms with E-state index in [0.717, 1.165) is 17.1 Å². The third kappa shape index (κ3) is 2.45. The summed E-state index contributed by atoms with van der Waals surface area (Å²) in [6.07, 6.45) is 5.12. The molecule has 1 saturated carbocycles. The molecule has 1 aromatic carbocycles. The molecule has 112 valence electrons. The van der Waals surface area contributed by atoms with E-state index < -0.39 is 0 Å². The normalized spacial score (nSPS) is 21.4. The summed E-state index contributed by atoms with van der Waals surface area (Å²) in [5.74, 6) is 1.29. The Morgan fingerprint density at radius 3 is 2.57 bits per heavy atom. The Labute approximate surface area is 127 Å². The molecule has 3 heteroatoms. The highest BCUT2D eigenvalue weighted by Crippen LogP contribution is 2.47. The van der Waals surface area contributed by atoms with Gasteiger partial charge in [0.25, 0.3) is 0 Å². The molecule has 1 atom stereocenters. The molecule has 2 aromatic rings. The predicted octanol–water partition coefficient (Wildman–Crippen LogP) is 4.45. The van der Waals surface area contributed by atoms with Gasteiger partial charge in [0.2, 0.25) is 0 Å². The van der Waals surface area contributed by atoms with Crippen LogP contribution in [-0.4, -0.2) is 9.78 Å². The van der Waals surface area contributed by atoms with Crippen LogP contribution in [0.1, 0.15) is 56.7 Å². The lowest BCUT2D eigenvalue weighted by Crippen LogP contribution is -2.27. The van der Waals surface area contributed by atoms with Crippen molar-refractivity contribution in [3.63, 3.8) is 0 Å². The molecular formula is C18H25N3. The second-order valence-electron chi connectivity index (χ2n) is 6.93. The molecule has 2 N–H and O–H groups in total. The molecule has 1 aliphatic carbocycles. The van der Waals surface area contributed by atoms with Crippen LogP contribution in [0, 0.1) is 12.3 Å². The zero-order valence-electron chi connectivity index (χ0n) is 13.3. The van der Waals surface area contributed by atoms with Gasteiger partial charge in [-0.1, -0.05) is 44.9 Å². The SMILES string of the molecule is Cc1c(C2CCCCC2(C)C)nn(-c2ccccc2)c1N. The Hall–Kier alpha value is -1.77. The topological polar surface area (TPSA) is 43.8 Å². The van der Waals surface area contributed by atoms with Crippen molar-refractivity contribution in [2.45, 2.75) is 52.4 Å². The summed E-state index contributed by atoms with van der Waals surface area (Å²) in [5.41, 5.74) is 10.0. The molecule has 0 radical (unpaired) electrons. The van der Waals surface area contributed by atoms with Crippen molar-refractivity contribution in [3.05, 3.63) is 41.6 Å². The van der Waals surface area contributed by atoms with E-state index in [2.05, 4.69) is 32.9 Å². The lowest BCUT2D eigenvalue weighted by molar-refractivity contribution is 0.195. The minimum absolute atomic E-state index is 0.311. The first kappa shape index (κ1) is 14.2. The van der Waals surface area contributed by atoms with Crippen LogP contribution in [0.3, 0.4) is 0 Å². The average Bonchev–Trinajstić information content (AvgIpc) is 2.76. The highest BCUT2D eigenvalue weighted by atomic mass is 15.3. The number of benzene rings is 1. The van der Waals surface area contributed by atoms with Crippen molar-refractivity contribution in [3.8, 4) is 5.69 Å². The van der Waals surface area contributed by atoms with E-state index in [9.17, 15) is 0 Å². The number of hydrogen-bond acceptors (Lipinski definition) is 2. The molecule has 0 saturated heterocycles. The number of nitrogen functional groups attached to an aromatic ring is 1. The number of para-hydroxylation sites is 1. The minimum atomic E-state index is 0.311. The summed E-state index contributed by atoms with van der Waals surface area (Å²) < 4.78 is 1.90. The van der Waals surface area contributed by atoms with E-state index in [1.54, 1.807) is 0 Å². The highest BCUT2D eigenvalue weighted by molar-refractivity contribution is 5.50. The first-order valence-corrected chi connectivity index (χ1v) is 7.91. The van der Waals surface area contributed by atoms with Crippen molar-refractivity contribution >= 4 is 5.82 Å². The van der Waals surface area contributed by atoms with Gasteiger partial charge in [-0.25, -0.2) is 4.68 Å². The maximum Gasteiger partial charge on any atom is 0.130 e. The monoisotopic (exact) mass is 283 g/mol. The summed E-state index contributed by atoms with van der Waals surface area (Å²) in [6.45, 7) is 6.85. The third-order valence-electron chi connectivity index (χ3n) is 5.04. The van der Waals surface area contributed by atoms with Crippen LogP contribution in [0.25, 0.3) is 5.69 Å². The molecule has 3 nitrogen and oxygen atoms in total. The van der Waals surface area contributed by atoms with Gasteiger partial charge in [-0.05, 0) is 37.3 Å². The van der Waals surface area contributed by atoms with Gasteiger partial charge in [-0.15, -0.1) is 0 Å². The number of nitrogens with two attached hydrogens (primary N) is 1. The molecule has 1 unspecified atom stereocenters. The Morgan fingerprint density at radius 1 is 1.19 bits per heavy atom. The predicted molar refractivity (Wildman–Crippen MR) is 87.7 cm³/mol. The van der Waals surface area contributed by atoms with E-state index >= 15 is 0 Å². The molecule has 0 bridgehead atoms. The van der Waals surface area contributed by atoms with Gasteiger partial charge in [0, 0.05) is 11.5 Å². The highest BCUT2D eigenvalue weighted by Gasteiger charge is 2.36. The van der Waals surface area contributed by atoms with Crippen LogP contribution < -0.4 is 5.73 Å². The summed E-state index contributed by atoms with van der Waals surface area (Å²) in [6, 6.07) is 10.2. The quantitative estimate of drug-likeness (QED) is 0.885. The lowest BCUT2D eigenvalue weighted by atomic mass is 9.67. The van der Waals surface area contributed by atoms with Crippen molar-refractivity contribution in [1.82, 2.24) is 9.78 Å². The number of anilines is 1. The molecule has 0 aliphatic heterocycles.